The smallest absolute Gasteiger partial charge is 0.318 e. The van der Waals surface area contributed by atoms with Crippen molar-refractivity contribution < 1.29 is 22.7 Å². The molecule has 208 valence electrons. The Morgan fingerprint density at radius 3 is 1.98 bits per heavy atom. The summed E-state index contributed by atoms with van der Waals surface area (Å²) < 4.78 is 32.2. The first-order valence-electron chi connectivity index (χ1n) is 13.9. The molecule has 0 spiro atoms. The molecule has 2 aliphatic rings. The summed E-state index contributed by atoms with van der Waals surface area (Å²) in [5.74, 6) is -2.07. The molecule has 2 atom stereocenters. The minimum Gasteiger partial charge on any atom is -0.450 e. The first kappa shape index (κ1) is 27.1. The van der Waals surface area contributed by atoms with Crippen LogP contribution in [0.5, 0.6) is 0 Å². The molecule has 0 amide bonds. The molecule has 1 aliphatic carbocycles. The van der Waals surface area contributed by atoms with Crippen molar-refractivity contribution in [3.05, 3.63) is 132 Å². The molecule has 41 heavy (non-hydrogen) atoms. The number of Topliss-reactive ketones (excluding diaryl/α,β-unsaturated/α-hetero) is 1. The number of carbonyl (C=O) groups excluding carboxylic acids is 2. The Kier molecular flexibility index (Phi) is 7.30. The fourth-order valence-corrected chi connectivity index (χ4v) is 7.35. The molecule has 2 unspecified atom stereocenters. The number of esters is 1. The molecule has 6 nitrogen and oxygen atoms in total. The second kappa shape index (κ2) is 11.1. The summed E-state index contributed by atoms with van der Waals surface area (Å²) in [6, 6.07) is 31.4. The molecule has 1 saturated carbocycles. The van der Waals surface area contributed by atoms with Gasteiger partial charge in [-0.05, 0) is 53.1 Å². The van der Waals surface area contributed by atoms with E-state index in [-0.39, 0.29) is 28.4 Å². The zero-order valence-corrected chi connectivity index (χ0v) is 23.4. The third kappa shape index (κ3) is 5.72. The fourth-order valence-electron chi connectivity index (χ4n) is 6.07. The van der Waals surface area contributed by atoms with Crippen LogP contribution in [0, 0.1) is 11.8 Å². The number of hydrogen-bond donors (Lipinski definition) is 0. The molecular formula is C34H31NO5S. The quantitative estimate of drug-likeness (QED) is 0.186. The van der Waals surface area contributed by atoms with Gasteiger partial charge in [0.15, 0.2) is 26.2 Å². The lowest BCUT2D eigenvalue weighted by Gasteiger charge is -2.27. The fraction of sp³-hybridized carbons (Fsp3) is 0.265. The largest absolute Gasteiger partial charge is 0.450 e. The Bertz CT molecular complexity index is 1610. The molecular weight excluding hydrogens is 534 g/mol. The van der Waals surface area contributed by atoms with Gasteiger partial charge in [0.25, 0.3) is 0 Å². The van der Waals surface area contributed by atoms with E-state index in [1.807, 2.05) is 72.8 Å². The number of pyridine rings is 1. The second-order valence-corrected chi connectivity index (χ2v) is 13.1. The second-order valence-electron chi connectivity index (χ2n) is 11.1. The lowest BCUT2D eigenvalue weighted by Crippen LogP contribution is -2.43. The van der Waals surface area contributed by atoms with Crippen LogP contribution in [-0.4, -0.2) is 30.8 Å². The average molecular weight is 566 g/mol. The number of sulfone groups is 1. The minimum atomic E-state index is -3.66. The van der Waals surface area contributed by atoms with Gasteiger partial charge < -0.3 is 4.74 Å². The van der Waals surface area contributed by atoms with E-state index in [1.54, 1.807) is 24.3 Å². The summed E-state index contributed by atoms with van der Waals surface area (Å²) >= 11 is 0. The Balaban J connectivity index is 1.34. The first-order chi connectivity index (χ1) is 19.8. The molecule has 3 aromatic carbocycles. The van der Waals surface area contributed by atoms with Crippen LogP contribution in [0.1, 0.15) is 41.0 Å². The topological polar surface area (TPSA) is 90.4 Å². The lowest BCUT2D eigenvalue weighted by molar-refractivity contribution is -0.152. The van der Waals surface area contributed by atoms with E-state index in [4.69, 9.17) is 4.74 Å². The van der Waals surface area contributed by atoms with Crippen molar-refractivity contribution in [1.82, 2.24) is 4.98 Å². The Labute approximate surface area is 240 Å². The summed E-state index contributed by atoms with van der Waals surface area (Å²) in [7, 11) is -3.66. The molecule has 0 bridgehead atoms. The van der Waals surface area contributed by atoms with Gasteiger partial charge in [-0.25, -0.2) is 13.4 Å². The van der Waals surface area contributed by atoms with Crippen molar-refractivity contribution in [2.24, 2.45) is 11.8 Å². The van der Waals surface area contributed by atoms with Gasteiger partial charge in [-0.15, -0.1) is 0 Å². The van der Waals surface area contributed by atoms with Gasteiger partial charge in [-0.2, -0.15) is 0 Å². The summed E-state index contributed by atoms with van der Waals surface area (Å²) in [5.41, 5.74) is 1.94. The Morgan fingerprint density at radius 2 is 1.39 bits per heavy atom. The maximum atomic E-state index is 14.4. The number of cyclic esters (lactones) is 1. The number of hydrogen-bond acceptors (Lipinski definition) is 6. The van der Waals surface area contributed by atoms with Gasteiger partial charge in [0.05, 0.1) is 5.75 Å². The molecule has 6 rings (SSSR count). The van der Waals surface area contributed by atoms with Gasteiger partial charge in [0.1, 0.15) is 5.92 Å². The molecule has 0 N–H and O–H groups in total. The maximum absolute atomic E-state index is 14.4. The van der Waals surface area contributed by atoms with E-state index < -0.39 is 27.3 Å². The van der Waals surface area contributed by atoms with Crippen molar-refractivity contribution in [1.29, 1.82) is 0 Å². The highest BCUT2D eigenvalue weighted by Gasteiger charge is 2.59. The number of aromatic nitrogens is 1. The molecule has 0 radical (unpaired) electrons. The van der Waals surface area contributed by atoms with E-state index in [2.05, 4.69) is 4.98 Å². The van der Waals surface area contributed by atoms with Crippen molar-refractivity contribution in [3.8, 4) is 0 Å². The monoisotopic (exact) mass is 565 g/mol. The van der Waals surface area contributed by atoms with Gasteiger partial charge in [0.2, 0.25) is 0 Å². The van der Waals surface area contributed by atoms with Crippen LogP contribution in [0.3, 0.4) is 0 Å². The molecule has 1 saturated heterocycles. The lowest BCUT2D eigenvalue weighted by atomic mass is 9.74. The number of ether oxygens (including phenoxy) is 1. The average Bonchev–Trinajstić information content (AvgIpc) is 3.78. The number of rotatable bonds is 10. The van der Waals surface area contributed by atoms with Crippen LogP contribution in [0.15, 0.2) is 114 Å². The maximum Gasteiger partial charge on any atom is 0.318 e. The van der Waals surface area contributed by atoms with Gasteiger partial charge in [0, 0.05) is 25.0 Å². The zero-order valence-electron chi connectivity index (χ0n) is 22.6. The number of ketones is 1. The molecule has 2 heterocycles. The van der Waals surface area contributed by atoms with Crippen molar-refractivity contribution in [2.45, 2.75) is 48.0 Å². The van der Waals surface area contributed by atoms with Crippen molar-refractivity contribution >= 4 is 21.6 Å². The molecule has 7 heteroatoms. The van der Waals surface area contributed by atoms with Crippen LogP contribution < -0.4 is 0 Å². The van der Waals surface area contributed by atoms with E-state index >= 15 is 0 Å². The summed E-state index contributed by atoms with van der Waals surface area (Å²) in [4.78, 5) is 32.1. The predicted molar refractivity (Wildman–Crippen MR) is 155 cm³/mol. The highest BCUT2D eigenvalue weighted by Crippen LogP contribution is 2.51. The number of benzene rings is 3. The standard InChI is InChI=1S/C34H31NO5S/c36-32-31(33(37)40-34(32,21-24-10-3-1-4-11-24)22-25-12-5-2-6-13-25)30(27-17-18-27)28-15-9-14-26(20-28)23-41(38,39)29-16-7-8-19-35-29/h1-16,19-20,27,30-31H,17-18,21-23H2. The highest BCUT2D eigenvalue weighted by atomic mass is 32.2. The molecule has 2 fully saturated rings. The van der Waals surface area contributed by atoms with Crippen LogP contribution in [0.2, 0.25) is 0 Å². The van der Waals surface area contributed by atoms with Crippen LogP contribution in [0.25, 0.3) is 0 Å². The van der Waals surface area contributed by atoms with Gasteiger partial charge in [-0.3, -0.25) is 9.59 Å². The van der Waals surface area contributed by atoms with E-state index in [0.717, 1.165) is 29.5 Å². The van der Waals surface area contributed by atoms with Crippen LogP contribution in [-0.2, 0) is 42.8 Å². The van der Waals surface area contributed by atoms with Crippen molar-refractivity contribution in [3.63, 3.8) is 0 Å². The van der Waals surface area contributed by atoms with Crippen LogP contribution in [0.4, 0.5) is 0 Å². The summed E-state index contributed by atoms with van der Waals surface area (Å²) in [5, 5.41) is 0.0188. The van der Waals surface area contributed by atoms with Crippen molar-refractivity contribution in [2.75, 3.05) is 0 Å². The molecule has 1 aliphatic heterocycles. The normalized spacial score (nSPS) is 19.1. The highest BCUT2D eigenvalue weighted by molar-refractivity contribution is 7.90. The number of carbonyl (C=O) groups is 2. The summed E-state index contributed by atoms with van der Waals surface area (Å²) in [6.07, 6.45) is 3.86. The Morgan fingerprint density at radius 1 is 0.780 bits per heavy atom. The van der Waals surface area contributed by atoms with E-state index in [0.29, 0.717) is 18.4 Å². The van der Waals surface area contributed by atoms with E-state index in [1.165, 1.54) is 12.3 Å². The zero-order chi connectivity index (χ0) is 28.5. The van der Waals surface area contributed by atoms with Gasteiger partial charge >= 0.3 is 5.97 Å². The molecule has 4 aromatic rings. The predicted octanol–water partition coefficient (Wildman–Crippen LogP) is 5.52. The summed E-state index contributed by atoms with van der Waals surface area (Å²) in [6.45, 7) is 0. The molecule has 1 aromatic heterocycles. The SMILES string of the molecule is O=C1OC(Cc2ccccc2)(Cc2ccccc2)C(=O)C1C(c1cccc(CS(=O)(=O)c2ccccn2)c1)C1CC1. The third-order valence-electron chi connectivity index (χ3n) is 8.08. The van der Waals surface area contributed by atoms with E-state index in [9.17, 15) is 18.0 Å². The third-order valence-corrected chi connectivity index (χ3v) is 9.68. The first-order valence-corrected chi connectivity index (χ1v) is 15.6. The Hall–Kier alpha value is -4.10. The van der Waals surface area contributed by atoms with Crippen LogP contribution >= 0.6 is 0 Å². The number of nitrogens with zero attached hydrogens (tertiary/aromatic N) is 1. The van der Waals surface area contributed by atoms with Gasteiger partial charge in [-0.1, -0.05) is 91.0 Å². The minimum absolute atomic E-state index is 0.0188.